The maximum atomic E-state index is 8.78. The normalized spacial score (nSPS) is 12.7. The molecule has 0 fully saturated rings. The predicted molar refractivity (Wildman–Crippen MR) is 97.6 cm³/mol. The average Bonchev–Trinajstić information content (AvgIpc) is 2.69. The lowest BCUT2D eigenvalue weighted by molar-refractivity contribution is 0.426. The van der Waals surface area contributed by atoms with Crippen LogP contribution in [0.1, 0.15) is 23.1 Å². The van der Waals surface area contributed by atoms with Crippen LogP contribution in [0, 0.1) is 22.7 Å². The minimum Gasteiger partial charge on any atom is -0.423 e. The van der Waals surface area contributed by atoms with E-state index in [1.807, 2.05) is 24.3 Å². The van der Waals surface area contributed by atoms with E-state index in [1.165, 1.54) is 17.2 Å². The SMILES string of the molecule is N#Cc1cccc(B(O)O)c1.N#Cc1cccc(C2=CCNCC2)c1. The van der Waals surface area contributed by atoms with Crippen molar-refractivity contribution in [1.29, 1.82) is 10.5 Å². The van der Waals surface area contributed by atoms with Crippen LogP contribution in [0.15, 0.2) is 54.6 Å². The Balaban J connectivity index is 0.000000186. The van der Waals surface area contributed by atoms with E-state index in [0.717, 1.165) is 25.1 Å². The zero-order valence-electron chi connectivity index (χ0n) is 13.7. The first kappa shape index (κ1) is 18.4. The summed E-state index contributed by atoms with van der Waals surface area (Å²) in [4.78, 5) is 0. The van der Waals surface area contributed by atoms with Crippen molar-refractivity contribution in [2.75, 3.05) is 13.1 Å². The van der Waals surface area contributed by atoms with E-state index in [4.69, 9.17) is 20.6 Å². The number of nitrogens with one attached hydrogen (secondary N) is 1. The van der Waals surface area contributed by atoms with Crippen molar-refractivity contribution in [2.24, 2.45) is 0 Å². The van der Waals surface area contributed by atoms with Crippen LogP contribution in [-0.4, -0.2) is 30.3 Å². The number of nitriles is 2. The molecule has 0 saturated heterocycles. The lowest BCUT2D eigenvalue weighted by Crippen LogP contribution is -2.29. The molecule has 1 aliphatic heterocycles. The number of nitrogens with zero attached hydrogens (tertiary/aromatic N) is 2. The summed E-state index contributed by atoms with van der Waals surface area (Å²) < 4.78 is 0. The van der Waals surface area contributed by atoms with Gasteiger partial charge in [0.1, 0.15) is 0 Å². The highest BCUT2D eigenvalue weighted by Crippen LogP contribution is 2.20. The summed E-state index contributed by atoms with van der Waals surface area (Å²) in [6.45, 7) is 1.97. The molecule has 0 amide bonds. The van der Waals surface area contributed by atoms with Gasteiger partial charge in [0.15, 0.2) is 0 Å². The van der Waals surface area contributed by atoms with Gasteiger partial charge in [0.25, 0.3) is 0 Å². The van der Waals surface area contributed by atoms with Crippen LogP contribution >= 0.6 is 0 Å². The fraction of sp³-hybridized carbons (Fsp3) is 0.158. The molecule has 0 bridgehead atoms. The Kier molecular flexibility index (Phi) is 6.94. The quantitative estimate of drug-likeness (QED) is 0.718. The highest BCUT2D eigenvalue weighted by Gasteiger charge is 2.10. The maximum Gasteiger partial charge on any atom is 0.488 e. The highest BCUT2D eigenvalue weighted by atomic mass is 16.4. The molecule has 0 atom stereocenters. The summed E-state index contributed by atoms with van der Waals surface area (Å²) in [6.07, 6.45) is 3.24. The fourth-order valence-electron chi connectivity index (χ4n) is 2.44. The van der Waals surface area contributed by atoms with Crippen LogP contribution in [0.25, 0.3) is 5.57 Å². The third-order valence-electron chi connectivity index (χ3n) is 3.74. The minimum atomic E-state index is -1.50. The molecule has 3 N–H and O–H groups in total. The van der Waals surface area contributed by atoms with Crippen LogP contribution in [0.2, 0.25) is 0 Å². The monoisotopic (exact) mass is 331 g/mol. The second kappa shape index (κ2) is 9.41. The van der Waals surface area contributed by atoms with E-state index in [1.54, 1.807) is 18.2 Å². The Bertz CT molecular complexity index is 835. The van der Waals surface area contributed by atoms with Gasteiger partial charge in [-0.3, -0.25) is 0 Å². The van der Waals surface area contributed by atoms with Gasteiger partial charge in [0.2, 0.25) is 0 Å². The molecule has 2 aromatic rings. The summed E-state index contributed by atoms with van der Waals surface area (Å²) >= 11 is 0. The lowest BCUT2D eigenvalue weighted by atomic mass is 9.80. The van der Waals surface area contributed by atoms with Crippen LogP contribution in [0.3, 0.4) is 0 Å². The molecule has 0 unspecified atom stereocenters. The van der Waals surface area contributed by atoms with Crippen molar-refractivity contribution >= 4 is 18.2 Å². The number of benzene rings is 2. The topological polar surface area (TPSA) is 100 Å². The molecule has 0 aliphatic carbocycles. The van der Waals surface area contributed by atoms with Crippen molar-refractivity contribution in [3.63, 3.8) is 0 Å². The highest BCUT2D eigenvalue weighted by molar-refractivity contribution is 6.58. The summed E-state index contributed by atoms with van der Waals surface area (Å²) in [5, 5.41) is 37.9. The van der Waals surface area contributed by atoms with Crippen molar-refractivity contribution in [3.8, 4) is 12.1 Å². The molecule has 0 saturated carbocycles. The van der Waals surface area contributed by atoms with Crippen LogP contribution in [0.5, 0.6) is 0 Å². The van der Waals surface area contributed by atoms with E-state index in [0.29, 0.717) is 11.0 Å². The summed E-state index contributed by atoms with van der Waals surface area (Å²) in [5.41, 5.74) is 4.04. The van der Waals surface area contributed by atoms with E-state index >= 15 is 0 Å². The van der Waals surface area contributed by atoms with Crippen LogP contribution in [0.4, 0.5) is 0 Å². The molecule has 1 aliphatic rings. The number of hydrogen-bond acceptors (Lipinski definition) is 5. The van der Waals surface area contributed by atoms with Crippen molar-refractivity contribution in [3.05, 3.63) is 71.3 Å². The van der Waals surface area contributed by atoms with Gasteiger partial charge in [-0.25, -0.2) is 0 Å². The third kappa shape index (κ3) is 5.60. The second-order valence-corrected chi connectivity index (χ2v) is 5.49. The maximum absolute atomic E-state index is 8.78. The van der Waals surface area contributed by atoms with Gasteiger partial charge >= 0.3 is 7.12 Å². The Hall–Kier alpha value is -2.90. The summed E-state index contributed by atoms with van der Waals surface area (Å²) in [5.74, 6) is 0. The largest absolute Gasteiger partial charge is 0.488 e. The average molecular weight is 331 g/mol. The molecule has 5 nitrogen and oxygen atoms in total. The smallest absolute Gasteiger partial charge is 0.423 e. The van der Waals surface area contributed by atoms with Gasteiger partial charge < -0.3 is 15.4 Å². The predicted octanol–water partition coefficient (Wildman–Crippen LogP) is 1.17. The van der Waals surface area contributed by atoms with E-state index < -0.39 is 7.12 Å². The van der Waals surface area contributed by atoms with Gasteiger partial charge in [-0.1, -0.05) is 30.3 Å². The van der Waals surface area contributed by atoms with E-state index in [9.17, 15) is 0 Å². The Morgan fingerprint density at radius 2 is 1.64 bits per heavy atom. The van der Waals surface area contributed by atoms with Gasteiger partial charge in [-0.15, -0.1) is 0 Å². The Morgan fingerprint density at radius 1 is 0.960 bits per heavy atom. The standard InChI is InChI=1S/C12H12N2.C7H6BNO2/c13-9-10-2-1-3-12(8-10)11-4-6-14-7-5-11;9-5-6-2-1-3-7(4-6)8(10)11/h1-4,8,14H,5-7H2;1-4,10-11H. The molecule has 25 heavy (non-hydrogen) atoms. The number of hydrogen-bond donors (Lipinski definition) is 3. The van der Waals surface area contributed by atoms with Crippen LogP contribution in [-0.2, 0) is 0 Å². The zero-order valence-corrected chi connectivity index (χ0v) is 13.7. The molecular formula is C19H18BN3O2. The molecule has 1 heterocycles. The lowest BCUT2D eigenvalue weighted by Gasteiger charge is -2.14. The first-order chi connectivity index (χ1) is 12.1. The summed E-state index contributed by atoms with van der Waals surface area (Å²) in [6, 6.07) is 18.1. The second-order valence-electron chi connectivity index (χ2n) is 5.49. The molecule has 0 aromatic heterocycles. The molecule has 0 radical (unpaired) electrons. The van der Waals surface area contributed by atoms with Gasteiger partial charge in [0.05, 0.1) is 23.3 Å². The Labute approximate surface area is 147 Å². The van der Waals surface area contributed by atoms with E-state index in [2.05, 4.69) is 23.5 Å². The first-order valence-corrected chi connectivity index (χ1v) is 7.90. The fourth-order valence-corrected chi connectivity index (χ4v) is 2.44. The van der Waals surface area contributed by atoms with Gasteiger partial charge in [-0.05, 0) is 53.8 Å². The minimum absolute atomic E-state index is 0.337. The molecule has 124 valence electrons. The molecule has 2 aromatic carbocycles. The molecule has 3 rings (SSSR count). The van der Waals surface area contributed by atoms with Crippen LogP contribution < -0.4 is 10.8 Å². The molecule has 6 heteroatoms. The molecular weight excluding hydrogens is 313 g/mol. The van der Waals surface area contributed by atoms with Crippen molar-refractivity contribution in [2.45, 2.75) is 6.42 Å². The molecule has 0 spiro atoms. The van der Waals surface area contributed by atoms with Crippen molar-refractivity contribution < 1.29 is 10.0 Å². The third-order valence-corrected chi connectivity index (χ3v) is 3.74. The zero-order chi connectivity index (χ0) is 18.1. The van der Waals surface area contributed by atoms with Gasteiger partial charge in [0, 0.05) is 6.54 Å². The first-order valence-electron chi connectivity index (χ1n) is 7.90. The summed E-state index contributed by atoms with van der Waals surface area (Å²) in [7, 11) is -1.50. The van der Waals surface area contributed by atoms with Crippen molar-refractivity contribution in [1.82, 2.24) is 5.32 Å². The van der Waals surface area contributed by atoms with Gasteiger partial charge in [-0.2, -0.15) is 10.5 Å². The Morgan fingerprint density at radius 3 is 2.24 bits per heavy atom. The van der Waals surface area contributed by atoms with E-state index in [-0.39, 0.29) is 0 Å². The number of rotatable bonds is 2.